The Morgan fingerprint density at radius 3 is 2.75 bits per heavy atom. The lowest BCUT2D eigenvalue weighted by Gasteiger charge is -2.35. The Morgan fingerprint density at radius 2 is 2.15 bits per heavy atom. The number of morpholine rings is 1. The summed E-state index contributed by atoms with van der Waals surface area (Å²) in [6, 6.07) is -1.73. The predicted octanol–water partition coefficient (Wildman–Crippen LogP) is -2.06. The van der Waals surface area contributed by atoms with Crippen LogP contribution in [0.5, 0.6) is 0 Å². The highest BCUT2D eigenvalue weighted by Crippen LogP contribution is 2.10. The highest BCUT2D eigenvalue weighted by Gasteiger charge is 2.35. The van der Waals surface area contributed by atoms with Crippen molar-refractivity contribution in [1.29, 1.82) is 0 Å². The molecule has 2 unspecified atom stereocenters. The first-order valence-corrected chi connectivity index (χ1v) is 6.67. The molecule has 0 spiro atoms. The topological polar surface area (TPSA) is 128 Å². The highest BCUT2D eigenvalue weighted by atomic mass is 16.5. The SMILES string of the molecule is CCCNC(=O)C1COCCN1C(=O)C(N)CC(N)=O. The van der Waals surface area contributed by atoms with E-state index in [1.807, 2.05) is 6.92 Å². The lowest BCUT2D eigenvalue weighted by molar-refractivity contribution is -0.150. The van der Waals surface area contributed by atoms with Gasteiger partial charge in [0.2, 0.25) is 17.7 Å². The van der Waals surface area contributed by atoms with Crippen molar-refractivity contribution in [1.82, 2.24) is 10.2 Å². The Labute approximate surface area is 117 Å². The van der Waals surface area contributed by atoms with Crippen molar-refractivity contribution in [3.05, 3.63) is 0 Å². The van der Waals surface area contributed by atoms with Gasteiger partial charge in [-0.15, -0.1) is 0 Å². The Balaban J connectivity index is 2.70. The molecule has 1 saturated heterocycles. The fourth-order valence-corrected chi connectivity index (χ4v) is 1.97. The summed E-state index contributed by atoms with van der Waals surface area (Å²) in [5, 5.41) is 2.72. The van der Waals surface area contributed by atoms with Crippen molar-refractivity contribution in [2.45, 2.75) is 31.8 Å². The van der Waals surface area contributed by atoms with E-state index in [9.17, 15) is 14.4 Å². The normalized spacial score (nSPS) is 20.3. The van der Waals surface area contributed by atoms with E-state index in [4.69, 9.17) is 16.2 Å². The van der Waals surface area contributed by atoms with Gasteiger partial charge in [0, 0.05) is 13.1 Å². The van der Waals surface area contributed by atoms with Crippen molar-refractivity contribution in [3.8, 4) is 0 Å². The number of nitrogens with one attached hydrogen (secondary N) is 1. The van der Waals surface area contributed by atoms with Crippen LogP contribution in [-0.4, -0.2) is 61.0 Å². The molecule has 0 radical (unpaired) electrons. The third-order valence-corrected chi connectivity index (χ3v) is 3.00. The number of hydrogen-bond acceptors (Lipinski definition) is 5. The van der Waals surface area contributed by atoms with Gasteiger partial charge in [-0.2, -0.15) is 0 Å². The Kier molecular flexibility index (Phi) is 6.40. The van der Waals surface area contributed by atoms with Crippen molar-refractivity contribution in [3.63, 3.8) is 0 Å². The molecule has 1 heterocycles. The number of primary amides is 1. The van der Waals surface area contributed by atoms with E-state index >= 15 is 0 Å². The van der Waals surface area contributed by atoms with Gasteiger partial charge in [-0.1, -0.05) is 6.92 Å². The monoisotopic (exact) mass is 286 g/mol. The molecular formula is C12H22N4O4. The van der Waals surface area contributed by atoms with Crippen LogP contribution in [0.4, 0.5) is 0 Å². The molecule has 8 heteroatoms. The predicted molar refractivity (Wildman–Crippen MR) is 71.4 cm³/mol. The zero-order chi connectivity index (χ0) is 15.1. The van der Waals surface area contributed by atoms with E-state index in [0.717, 1.165) is 6.42 Å². The smallest absolute Gasteiger partial charge is 0.245 e. The van der Waals surface area contributed by atoms with Crippen molar-refractivity contribution in [2.24, 2.45) is 11.5 Å². The van der Waals surface area contributed by atoms with Gasteiger partial charge in [0.1, 0.15) is 6.04 Å². The molecule has 1 fully saturated rings. The summed E-state index contributed by atoms with van der Waals surface area (Å²) >= 11 is 0. The summed E-state index contributed by atoms with van der Waals surface area (Å²) in [5.74, 6) is -1.37. The quantitative estimate of drug-likeness (QED) is 0.517. The summed E-state index contributed by atoms with van der Waals surface area (Å²) in [7, 11) is 0. The molecule has 3 amide bonds. The number of ether oxygens (including phenoxy) is 1. The number of carbonyl (C=O) groups excluding carboxylic acids is 3. The first-order valence-electron chi connectivity index (χ1n) is 6.67. The fraction of sp³-hybridized carbons (Fsp3) is 0.750. The summed E-state index contributed by atoms with van der Waals surface area (Å²) < 4.78 is 5.24. The Morgan fingerprint density at radius 1 is 1.45 bits per heavy atom. The molecule has 8 nitrogen and oxygen atoms in total. The van der Waals surface area contributed by atoms with E-state index in [2.05, 4.69) is 5.32 Å². The maximum absolute atomic E-state index is 12.2. The van der Waals surface area contributed by atoms with Gasteiger partial charge in [0.15, 0.2) is 0 Å². The van der Waals surface area contributed by atoms with Crippen LogP contribution in [0.25, 0.3) is 0 Å². The third-order valence-electron chi connectivity index (χ3n) is 3.00. The van der Waals surface area contributed by atoms with Gasteiger partial charge in [-0.05, 0) is 6.42 Å². The van der Waals surface area contributed by atoms with E-state index in [1.165, 1.54) is 4.90 Å². The maximum atomic E-state index is 12.2. The van der Waals surface area contributed by atoms with E-state index in [1.54, 1.807) is 0 Å². The van der Waals surface area contributed by atoms with E-state index in [0.29, 0.717) is 13.2 Å². The van der Waals surface area contributed by atoms with Crippen LogP contribution in [0.3, 0.4) is 0 Å². The number of amides is 3. The first-order chi connectivity index (χ1) is 9.47. The Bertz CT molecular complexity index is 374. The summed E-state index contributed by atoms with van der Waals surface area (Å²) in [6.07, 6.45) is 0.563. The van der Waals surface area contributed by atoms with Gasteiger partial charge >= 0.3 is 0 Å². The lowest BCUT2D eigenvalue weighted by atomic mass is 10.1. The number of nitrogens with two attached hydrogens (primary N) is 2. The van der Waals surface area contributed by atoms with Crippen LogP contribution < -0.4 is 16.8 Å². The minimum Gasteiger partial charge on any atom is -0.377 e. The molecule has 1 aliphatic rings. The van der Waals surface area contributed by atoms with Crippen LogP contribution >= 0.6 is 0 Å². The molecule has 0 saturated carbocycles. The van der Waals surface area contributed by atoms with Crippen LogP contribution in [0.2, 0.25) is 0 Å². The molecule has 0 aromatic heterocycles. The van der Waals surface area contributed by atoms with Crippen molar-refractivity contribution in [2.75, 3.05) is 26.3 Å². The zero-order valence-corrected chi connectivity index (χ0v) is 11.6. The minimum atomic E-state index is -1.02. The molecule has 0 aromatic carbocycles. The molecule has 2 atom stereocenters. The van der Waals surface area contributed by atoms with Crippen molar-refractivity contribution >= 4 is 17.7 Å². The second-order valence-corrected chi connectivity index (χ2v) is 4.69. The summed E-state index contributed by atoms with van der Waals surface area (Å²) in [5.41, 5.74) is 10.7. The maximum Gasteiger partial charge on any atom is 0.245 e. The molecular weight excluding hydrogens is 264 g/mol. The van der Waals surface area contributed by atoms with Crippen molar-refractivity contribution < 1.29 is 19.1 Å². The second kappa shape index (κ2) is 7.81. The van der Waals surface area contributed by atoms with E-state index in [-0.39, 0.29) is 25.5 Å². The molecule has 20 heavy (non-hydrogen) atoms. The lowest BCUT2D eigenvalue weighted by Crippen LogP contribution is -2.59. The molecule has 1 rings (SSSR count). The standard InChI is InChI=1S/C12H22N4O4/c1-2-3-15-11(18)9-7-20-5-4-16(9)12(19)8(13)6-10(14)17/h8-9H,2-7,13H2,1H3,(H2,14,17)(H,15,18). The third kappa shape index (κ3) is 4.46. The van der Waals surface area contributed by atoms with Crippen LogP contribution in [0.1, 0.15) is 19.8 Å². The second-order valence-electron chi connectivity index (χ2n) is 4.69. The zero-order valence-electron chi connectivity index (χ0n) is 11.6. The summed E-state index contributed by atoms with van der Waals surface area (Å²) in [6.45, 7) is 3.21. The number of rotatable bonds is 6. The number of nitrogens with zero attached hydrogens (tertiary/aromatic N) is 1. The van der Waals surface area contributed by atoms with Crippen LogP contribution in [-0.2, 0) is 19.1 Å². The number of hydrogen-bond donors (Lipinski definition) is 3. The average Bonchev–Trinajstić information content (AvgIpc) is 2.43. The molecule has 114 valence electrons. The van der Waals surface area contributed by atoms with Gasteiger partial charge in [-0.25, -0.2) is 0 Å². The molecule has 1 aliphatic heterocycles. The van der Waals surface area contributed by atoms with Gasteiger partial charge < -0.3 is 26.4 Å². The first kappa shape index (κ1) is 16.4. The average molecular weight is 286 g/mol. The van der Waals surface area contributed by atoms with Gasteiger partial charge in [-0.3, -0.25) is 14.4 Å². The number of carbonyl (C=O) groups is 3. The highest BCUT2D eigenvalue weighted by molar-refractivity contribution is 5.92. The van der Waals surface area contributed by atoms with Gasteiger partial charge in [0.25, 0.3) is 0 Å². The molecule has 0 aromatic rings. The van der Waals surface area contributed by atoms with Gasteiger partial charge in [0.05, 0.1) is 25.7 Å². The molecule has 5 N–H and O–H groups in total. The van der Waals surface area contributed by atoms with Crippen LogP contribution in [0, 0.1) is 0 Å². The van der Waals surface area contributed by atoms with Crippen LogP contribution in [0.15, 0.2) is 0 Å². The largest absolute Gasteiger partial charge is 0.377 e. The molecule has 0 aliphatic carbocycles. The fourth-order valence-electron chi connectivity index (χ4n) is 1.97. The Hall–Kier alpha value is -1.67. The van der Waals surface area contributed by atoms with E-state index < -0.39 is 23.9 Å². The minimum absolute atomic E-state index is 0.130. The summed E-state index contributed by atoms with van der Waals surface area (Å²) in [4.78, 5) is 36.4. The molecule has 0 bridgehead atoms.